The van der Waals surface area contributed by atoms with Crippen molar-refractivity contribution in [3.8, 4) is 0 Å². The maximum atomic E-state index is 5.75. The van der Waals surface area contributed by atoms with Gasteiger partial charge < -0.3 is 5.73 Å². The Labute approximate surface area is 78.9 Å². The lowest BCUT2D eigenvalue weighted by Gasteiger charge is -2.09. The summed E-state index contributed by atoms with van der Waals surface area (Å²) in [6, 6.07) is 8.89. The van der Waals surface area contributed by atoms with Gasteiger partial charge in [0.15, 0.2) is 0 Å². The Kier molecular flexibility index (Phi) is 1.37. The molecule has 1 aromatic rings. The van der Waals surface area contributed by atoms with Gasteiger partial charge in [0.05, 0.1) is 0 Å². The third-order valence-corrected chi connectivity index (χ3v) is 3.91. The first-order chi connectivity index (χ1) is 6.37. The van der Waals surface area contributed by atoms with Gasteiger partial charge in [-0.2, -0.15) is 0 Å². The molecule has 1 spiro atoms. The summed E-state index contributed by atoms with van der Waals surface area (Å²) in [6.45, 7) is 0.869. The number of nitrogens with two attached hydrogens (primary N) is 1. The Morgan fingerprint density at radius 1 is 1.38 bits per heavy atom. The fourth-order valence-electron chi connectivity index (χ4n) is 3.04. The number of hydrogen-bond donors (Lipinski definition) is 1. The SMILES string of the molecule is NC[C@@H]1C[C@@]12CCc1ccccc12. The van der Waals surface area contributed by atoms with Crippen LogP contribution in [-0.4, -0.2) is 6.54 Å². The van der Waals surface area contributed by atoms with Crippen molar-refractivity contribution in [2.75, 3.05) is 6.54 Å². The van der Waals surface area contributed by atoms with Crippen molar-refractivity contribution < 1.29 is 0 Å². The summed E-state index contributed by atoms with van der Waals surface area (Å²) < 4.78 is 0. The molecule has 1 aromatic carbocycles. The van der Waals surface area contributed by atoms with E-state index in [1.54, 1.807) is 11.1 Å². The van der Waals surface area contributed by atoms with E-state index in [1.807, 2.05) is 0 Å². The Morgan fingerprint density at radius 3 is 3.00 bits per heavy atom. The molecule has 0 amide bonds. The number of hydrogen-bond acceptors (Lipinski definition) is 1. The zero-order valence-corrected chi connectivity index (χ0v) is 7.79. The molecule has 1 nitrogen and oxygen atoms in total. The Hall–Kier alpha value is -0.820. The van der Waals surface area contributed by atoms with Gasteiger partial charge in [-0.1, -0.05) is 24.3 Å². The standard InChI is InChI=1S/C12H15N/c13-8-10-7-12(10)6-5-9-3-1-2-4-11(9)12/h1-4,10H,5-8,13H2/t10-,12-/m0/s1. The topological polar surface area (TPSA) is 26.0 Å². The van der Waals surface area contributed by atoms with Crippen LogP contribution in [0.25, 0.3) is 0 Å². The van der Waals surface area contributed by atoms with Crippen LogP contribution in [0.4, 0.5) is 0 Å². The van der Waals surface area contributed by atoms with Crippen LogP contribution < -0.4 is 5.73 Å². The van der Waals surface area contributed by atoms with Crippen LogP contribution in [0.2, 0.25) is 0 Å². The highest BCUT2D eigenvalue weighted by Crippen LogP contribution is 2.60. The van der Waals surface area contributed by atoms with Gasteiger partial charge in [-0.25, -0.2) is 0 Å². The van der Waals surface area contributed by atoms with Crippen molar-refractivity contribution in [3.63, 3.8) is 0 Å². The van der Waals surface area contributed by atoms with Crippen LogP contribution in [0.3, 0.4) is 0 Å². The van der Waals surface area contributed by atoms with Gasteiger partial charge in [-0.05, 0) is 42.9 Å². The van der Waals surface area contributed by atoms with Crippen LogP contribution >= 0.6 is 0 Å². The summed E-state index contributed by atoms with van der Waals surface area (Å²) in [6.07, 6.45) is 3.95. The second-order valence-electron chi connectivity index (χ2n) is 4.45. The molecule has 0 heterocycles. The Bertz CT molecular complexity index is 345. The molecule has 0 radical (unpaired) electrons. The first-order valence-electron chi connectivity index (χ1n) is 5.15. The highest BCUT2D eigenvalue weighted by molar-refractivity contribution is 5.45. The lowest BCUT2D eigenvalue weighted by atomic mass is 9.95. The van der Waals surface area contributed by atoms with Crippen molar-refractivity contribution in [1.82, 2.24) is 0 Å². The van der Waals surface area contributed by atoms with Crippen LogP contribution in [0.1, 0.15) is 24.0 Å². The monoisotopic (exact) mass is 173 g/mol. The molecule has 0 saturated heterocycles. The van der Waals surface area contributed by atoms with Gasteiger partial charge in [0.2, 0.25) is 0 Å². The fraction of sp³-hybridized carbons (Fsp3) is 0.500. The third kappa shape index (κ3) is 0.856. The molecule has 1 fully saturated rings. The maximum Gasteiger partial charge on any atom is 0.000288 e. The lowest BCUT2D eigenvalue weighted by Crippen LogP contribution is -2.12. The maximum absolute atomic E-state index is 5.75. The normalized spacial score (nSPS) is 35.0. The summed E-state index contributed by atoms with van der Waals surface area (Å²) in [4.78, 5) is 0. The molecule has 0 unspecified atom stereocenters. The summed E-state index contributed by atoms with van der Waals surface area (Å²) in [5.41, 5.74) is 9.43. The predicted octanol–water partition coefficient (Wildman–Crippen LogP) is 1.85. The molecule has 2 aliphatic rings. The van der Waals surface area contributed by atoms with Crippen LogP contribution in [-0.2, 0) is 11.8 Å². The first-order valence-corrected chi connectivity index (χ1v) is 5.15. The van der Waals surface area contributed by atoms with E-state index in [1.165, 1.54) is 19.3 Å². The van der Waals surface area contributed by atoms with Crippen molar-refractivity contribution in [1.29, 1.82) is 0 Å². The van der Waals surface area contributed by atoms with E-state index in [4.69, 9.17) is 5.73 Å². The molecule has 0 aliphatic heterocycles. The molecule has 3 rings (SSSR count). The second-order valence-corrected chi connectivity index (χ2v) is 4.45. The minimum Gasteiger partial charge on any atom is -0.330 e. The molecule has 13 heavy (non-hydrogen) atoms. The molecular formula is C12H15N. The minimum absolute atomic E-state index is 0.519. The molecule has 1 saturated carbocycles. The quantitative estimate of drug-likeness (QED) is 0.689. The molecule has 2 N–H and O–H groups in total. The van der Waals surface area contributed by atoms with Crippen LogP contribution in [0.5, 0.6) is 0 Å². The van der Waals surface area contributed by atoms with E-state index in [2.05, 4.69) is 24.3 Å². The first kappa shape index (κ1) is 7.57. The number of benzene rings is 1. The number of rotatable bonds is 1. The van der Waals surface area contributed by atoms with Gasteiger partial charge in [-0.3, -0.25) is 0 Å². The summed E-state index contributed by atoms with van der Waals surface area (Å²) in [7, 11) is 0. The smallest absolute Gasteiger partial charge is 0.000288 e. The van der Waals surface area contributed by atoms with E-state index >= 15 is 0 Å². The van der Waals surface area contributed by atoms with Crippen molar-refractivity contribution in [2.24, 2.45) is 11.7 Å². The molecule has 2 aliphatic carbocycles. The fourth-order valence-corrected chi connectivity index (χ4v) is 3.04. The van der Waals surface area contributed by atoms with Gasteiger partial charge in [-0.15, -0.1) is 0 Å². The van der Waals surface area contributed by atoms with E-state index in [0.29, 0.717) is 5.41 Å². The molecule has 2 atom stereocenters. The predicted molar refractivity (Wildman–Crippen MR) is 53.6 cm³/mol. The van der Waals surface area contributed by atoms with Gasteiger partial charge in [0.25, 0.3) is 0 Å². The largest absolute Gasteiger partial charge is 0.330 e. The molecule has 68 valence electrons. The number of aryl methyl sites for hydroxylation is 1. The van der Waals surface area contributed by atoms with Crippen molar-refractivity contribution in [3.05, 3.63) is 35.4 Å². The summed E-state index contributed by atoms with van der Waals surface area (Å²) in [5.74, 6) is 0.774. The molecular weight excluding hydrogens is 158 g/mol. The average molecular weight is 173 g/mol. The lowest BCUT2D eigenvalue weighted by molar-refractivity contribution is 0.601. The van der Waals surface area contributed by atoms with Gasteiger partial charge >= 0.3 is 0 Å². The molecule has 1 heteroatoms. The molecule has 0 bridgehead atoms. The average Bonchev–Trinajstić information content (AvgIpc) is 2.78. The summed E-state index contributed by atoms with van der Waals surface area (Å²) >= 11 is 0. The molecule has 0 aromatic heterocycles. The Morgan fingerprint density at radius 2 is 2.23 bits per heavy atom. The minimum atomic E-state index is 0.519. The second kappa shape index (κ2) is 2.36. The van der Waals surface area contributed by atoms with E-state index in [0.717, 1.165) is 12.5 Å². The van der Waals surface area contributed by atoms with Crippen molar-refractivity contribution in [2.45, 2.75) is 24.7 Å². The third-order valence-electron chi connectivity index (χ3n) is 3.91. The van der Waals surface area contributed by atoms with E-state index in [-0.39, 0.29) is 0 Å². The van der Waals surface area contributed by atoms with E-state index in [9.17, 15) is 0 Å². The Balaban J connectivity index is 2.05. The zero-order valence-electron chi connectivity index (χ0n) is 7.79. The van der Waals surface area contributed by atoms with E-state index < -0.39 is 0 Å². The highest BCUT2D eigenvalue weighted by atomic mass is 14.7. The number of fused-ring (bicyclic) bond motifs is 2. The zero-order chi connectivity index (χ0) is 8.89. The van der Waals surface area contributed by atoms with Crippen LogP contribution in [0, 0.1) is 5.92 Å². The van der Waals surface area contributed by atoms with Gasteiger partial charge in [0, 0.05) is 5.41 Å². The summed E-state index contributed by atoms with van der Waals surface area (Å²) in [5, 5.41) is 0. The van der Waals surface area contributed by atoms with Crippen LogP contribution in [0.15, 0.2) is 24.3 Å². The van der Waals surface area contributed by atoms with Crippen molar-refractivity contribution >= 4 is 0 Å². The highest BCUT2D eigenvalue weighted by Gasteiger charge is 2.56. The van der Waals surface area contributed by atoms with Gasteiger partial charge in [0.1, 0.15) is 0 Å².